The van der Waals surface area contributed by atoms with Gasteiger partial charge >= 0.3 is 0 Å². The van der Waals surface area contributed by atoms with Crippen LogP contribution in [0.15, 0.2) is 29.4 Å². The van der Waals surface area contributed by atoms with Crippen LogP contribution in [0.1, 0.15) is 38.7 Å². The summed E-state index contributed by atoms with van der Waals surface area (Å²) in [6, 6.07) is 7.47. The van der Waals surface area contributed by atoms with Gasteiger partial charge in [0.25, 0.3) is 0 Å². The van der Waals surface area contributed by atoms with Gasteiger partial charge in [-0.15, -0.1) is 0 Å². The van der Waals surface area contributed by atoms with Gasteiger partial charge in [0.15, 0.2) is 9.84 Å². The zero-order chi connectivity index (χ0) is 18.3. The van der Waals surface area contributed by atoms with Gasteiger partial charge in [0.1, 0.15) is 5.75 Å². The number of hydrogen-bond donors (Lipinski definition) is 1. The molecule has 0 aromatic heterocycles. The largest absolute Gasteiger partial charge is 0.494 e. The van der Waals surface area contributed by atoms with E-state index in [4.69, 9.17) is 4.74 Å². The van der Waals surface area contributed by atoms with E-state index in [1.807, 2.05) is 24.3 Å². The maximum absolute atomic E-state index is 11.8. The highest BCUT2D eigenvalue weighted by molar-refractivity contribution is 7.91. The average molecular weight is 366 g/mol. The van der Waals surface area contributed by atoms with Crippen molar-refractivity contribution >= 4 is 22.0 Å². The number of carbonyl (C=O) groups is 1. The van der Waals surface area contributed by atoms with E-state index < -0.39 is 9.84 Å². The van der Waals surface area contributed by atoms with Gasteiger partial charge in [-0.05, 0) is 54.5 Å². The monoisotopic (exact) mass is 366 g/mol. The summed E-state index contributed by atoms with van der Waals surface area (Å²) in [5, 5.41) is 3.92. The molecule has 1 aliphatic heterocycles. The average Bonchev–Trinajstić information content (AvgIpc) is 2.87. The molecule has 0 unspecified atom stereocenters. The highest BCUT2D eigenvalue weighted by Gasteiger charge is 2.29. The fourth-order valence-electron chi connectivity index (χ4n) is 2.58. The number of benzene rings is 1. The zero-order valence-electron chi connectivity index (χ0n) is 14.8. The smallest absolute Gasteiger partial charge is 0.240 e. The Bertz CT molecular complexity index is 696. The molecule has 7 heteroatoms. The number of ether oxygens (including phenoxy) is 1. The van der Waals surface area contributed by atoms with Crippen molar-refractivity contribution in [2.45, 2.75) is 33.1 Å². The molecule has 0 radical (unpaired) electrons. The lowest BCUT2D eigenvalue weighted by atomic mass is 10.1. The van der Waals surface area contributed by atoms with Crippen LogP contribution in [0.4, 0.5) is 0 Å². The minimum Gasteiger partial charge on any atom is -0.494 e. The molecule has 1 atom stereocenters. The van der Waals surface area contributed by atoms with Gasteiger partial charge in [-0.2, -0.15) is 5.10 Å². The van der Waals surface area contributed by atoms with Crippen molar-refractivity contribution in [2.75, 3.05) is 18.1 Å². The standard InChI is InChI=1S/C18H26N2O4S/c1-14(2)7-9-24-17-5-3-15(4-6-17)12-19-20-18(21)11-16-8-10-25(22,23)13-16/h3-6,12,14,16H,7-11,13H2,1-2H3,(H,20,21)/b19-12-/t16-/m0/s1. The third kappa shape index (κ3) is 7.25. The number of rotatable bonds is 8. The van der Waals surface area contributed by atoms with Crippen LogP contribution in [-0.4, -0.2) is 38.7 Å². The summed E-state index contributed by atoms with van der Waals surface area (Å²) in [6.45, 7) is 5.00. The Kier molecular flexibility index (Phi) is 6.99. The molecule has 1 fully saturated rings. The summed E-state index contributed by atoms with van der Waals surface area (Å²) in [7, 11) is -2.95. The number of nitrogens with zero attached hydrogens (tertiary/aromatic N) is 1. The zero-order valence-corrected chi connectivity index (χ0v) is 15.6. The van der Waals surface area contributed by atoms with E-state index >= 15 is 0 Å². The van der Waals surface area contributed by atoms with Crippen LogP contribution in [0.2, 0.25) is 0 Å². The van der Waals surface area contributed by atoms with Gasteiger partial charge in [-0.1, -0.05) is 13.8 Å². The number of nitrogens with one attached hydrogen (secondary N) is 1. The molecule has 1 N–H and O–H groups in total. The molecule has 138 valence electrons. The maximum atomic E-state index is 11.8. The Balaban J connectivity index is 1.73. The fraction of sp³-hybridized carbons (Fsp3) is 0.556. The normalized spacial score (nSPS) is 19.4. The first-order valence-corrected chi connectivity index (χ1v) is 10.4. The second-order valence-electron chi connectivity index (χ2n) is 6.87. The fourth-order valence-corrected chi connectivity index (χ4v) is 4.44. The summed E-state index contributed by atoms with van der Waals surface area (Å²) in [5.41, 5.74) is 3.30. The number of amides is 1. The number of hydrazone groups is 1. The summed E-state index contributed by atoms with van der Waals surface area (Å²) < 4.78 is 28.4. The minimum atomic E-state index is -2.95. The third-order valence-electron chi connectivity index (χ3n) is 4.05. The first-order valence-electron chi connectivity index (χ1n) is 8.59. The summed E-state index contributed by atoms with van der Waals surface area (Å²) in [5.74, 6) is 1.35. The number of sulfone groups is 1. The lowest BCUT2D eigenvalue weighted by Crippen LogP contribution is -2.21. The van der Waals surface area contributed by atoms with E-state index in [0.717, 1.165) is 17.7 Å². The van der Waals surface area contributed by atoms with Crippen molar-refractivity contribution < 1.29 is 17.9 Å². The highest BCUT2D eigenvalue weighted by Crippen LogP contribution is 2.21. The van der Waals surface area contributed by atoms with Crippen LogP contribution in [0.5, 0.6) is 5.75 Å². The van der Waals surface area contributed by atoms with Crippen LogP contribution in [-0.2, 0) is 14.6 Å². The van der Waals surface area contributed by atoms with Crippen LogP contribution >= 0.6 is 0 Å². The molecule has 1 aliphatic rings. The molecule has 0 saturated carbocycles. The van der Waals surface area contributed by atoms with Gasteiger partial charge in [0.05, 0.1) is 24.3 Å². The van der Waals surface area contributed by atoms with Gasteiger partial charge < -0.3 is 4.74 Å². The van der Waals surface area contributed by atoms with Crippen molar-refractivity contribution in [3.8, 4) is 5.75 Å². The highest BCUT2D eigenvalue weighted by atomic mass is 32.2. The van der Waals surface area contributed by atoms with E-state index in [2.05, 4.69) is 24.4 Å². The van der Waals surface area contributed by atoms with Crippen LogP contribution in [0.25, 0.3) is 0 Å². The quantitative estimate of drug-likeness (QED) is 0.565. The first kappa shape index (κ1) is 19.4. The van der Waals surface area contributed by atoms with Crippen LogP contribution < -0.4 is 10.2 Å². The number of hydrogen-bond acceptors (Lipinski definition) is 5. The molecule has 0 spiro atoms. The molecule has 0 bridgehead atoms. The van der Waals surface area contributed by atoms with Crippen molar-refractivity contribution in [3.05, 3.63) is 29.8 Å². The Morgan fingerprint density at radius 1 is 1.36 bits per heavy atom. The van der Waals surface area contributed by atoms with Crippen molar-refractivity contribution in [2.24, 2.45) is 16.9 Å². The predicted octanol–water partition coefficient (Wildman–Crippen LogP) is 2.39. The topological polar surface area (TPSA) is 84.8 Å². The summed E-state index contributed by atoms with van der Waals surface area (Å²) >= 11 is 0. The van der Waals surface area contributed by atoms with Gasteiger partial charge in [-0.3, -0.25) is 4.79 Å². The van der Waals surface area contributed by atoms with E-state index in [-0.39, 0.29) is 29.8 Å². The summed E-state index contributed by atoms with van der Waals surface area (Å²) in [6.07, 6.45) is 3.32. The predicted molar refractivity (Wildman–Crippen MR) is 98.5 cm³/mol. The van der Waals surface area contributed by atoms with E-state index in [9.17, 15) is 13.2 Å². The van der Waals surface area contributed by atoms with Crippen LogP contribution in [0, 0.1) is 11.8 Å². The van der Waals surface area contributed by atoms with Crippen molar-refractivity contribution in [1.29, 1.82) is 0 Å². The molecule has 6 nitrogen and oxygen atoms in total. The molecule has 1 aromatic carbocycles. The minimum absolute atomic E-state index is 0.0949. The van der Waals surface area contributed by atoms with E-state index in [1.54, 1.807) is 6.21 Å². The van der Waals surface area contributed by atoms with Crippen molar-refractivity contribution in [3.63, 3.8) is 0 Å². The lowest BCUT2D eigenvalue weighted by molar-refractivity contribution is -0.121. The molecule has 2 rings (SSSR count). The Labute approximate surface area is 149 Å². The van der Waals surface area contributed by atoms with Gasteiger partial charge in [0, 0.05) is 6.42 Å². The maximum Gasteiger partial charge on any atom is 0.240 e. The second kappa shape index (κ2) is 8.99. The molecule has 0 aliphatic carbocycles. The Hall–Kier alpha value is -1.89. The Morgan fingerprint density at radius 3 is 2.68 bits per heavy atom. The molecule has 25 heavy (non-hydrogen) atoms. The van der Waals surface area contributed by atoms with Gasteiger partial charge in [-0.25, -0.2) is 13.8 Å². The van der Waals surface area contributed by atoms with Crippen molar-refractivity contribution in [1.82, 2.24) is 5.43 Å². The van der Waals surface area contributed by atoms with E-state index in [1.165, 1.54) is 0 Å². The summed E-state index contributed by atoms with van der Waals surface area (Å²) in [4.78, 5) is 11.8. The Morgan fingerprint density at radius 2 is 2.08 bits per heavy atom. The molecule has 1 amide bonds. The second-order valence-corrected chi connectivity index (χ2v) is 9.10. The first-order chi connectivity index (χ1) is 11.8. The van der Waals surface area contributed by atoms with Gasteiger partial charge in [0.2, 0.25) is 5.91 Å². The number of carbonyl (C=O) groups excluding carboxylic acids is 1. The van der Waals surface area contributed by atoms with Crippen LogP contribution in [0.3, 0.4) is 0 Å². The molecule has 1 saturated heterocycles. The lowest BCUT2D eigenvalue weighted by Gasteiger charge is -2.08. The molecular weight excluding hydrogens is 340 g/mol. The molecular formula is C18H26N2O4S. The molecule has 1 heterocycles. The molecule has 1 aromatic rings. The third-order valence-corrected chi connectivity index (χ3v) is 5.88. The van der Waals surface area contributed by atoms with E-state index in [0.29, 0.717) is 18.9 Å². The SMILES string of the molecule is CC(C)CCOc1ccc(/C=N\NC(=O)C[C@@H]2CCS(=O)(=O)C2)cc1.